The SMILES string of the molecule is Cc1cc(OCCNCc2ccc(Cl)c(Cl)c2)ccc1/C=N/NC(=O)c1ccc(O)c(Cl)c1. The number of nitrogens with one attached hydrogen (secondary N) is 2. The Bertz CT molecular complexity index is 1170. The third-order valence-electron chi connectivity index (χ3n) is 4.68. The standard InChI is InChI=1S/C24H22Cl3N3O3/c1-15-10-19(33-9-8-28-13-16-2-6-20(25)21(26)11-16)5-3-18(15)14-29-30-24(32)17-4-7-23(31)22(27)12-17/h2-7,10-12,14,28,31H,8-9,13H2,1H3,(H,30,32)/b29-14+. The van der Waals surface area contributed by atoms with E-state index in [1.807, 2.05) is 37.3 Å². The minimum absolute atomic E-state index is 0.0862. The number of benzene rings is 3. The van der Waals surface area contributed by atoms with Crippen LogP contribution < -0.4 is 15.5 Å². The van der Waals surface area contributed by atoms with Gasteiger partial charge in [-0.15, -0.1) is 0 Å². The highest BCUT2D eigenvalue weighted by atomic mass is 35.5. The Morgan fingerprint density at radius 1 is 1.03 bits per heavy atom. The Hall–Kier alpha value is -2.77. The van der Waals surface area contributed by atoms with Gasteiger partial charge in [-0.25, -0.2) is 5.43 Å². The van der Waals surface area contributed by atoms with E-state index in [1.54, 1.807) is 12.3 Å². The number of phenols is 1. The van der Waals surface area contributed by atoms with E-state index >= 15 is 0 Å². The predicted molar refractivity (Wildman–Crippen MR) is 133 cm³/mol. The fraction of sp³-hybridized carbons (Fsp3) is 0.167. The summed E-state index contributed by atoms with van der Waals surface area (Å²) in [4.78, 5) is 12.1. The molecule has 3 N–H and O–H groups in total. The molecule has 0 bridgehead atoms. The van der Waals surface area contributed by atoms with Crippen molar-refractivity contribution in [1.82, 2.24) is 10.7 Å². The van der Waals surface area contributed by atoms with Gasteiger partial charge in [-0.1, -0.05) is 40.9 Å². The van der Waals surface area contributed by atoms with Crippen molar-refractivity contribution in [2.24, 2.45) is 5.10 Å². The van der Waals surface area contributed by atoms with Crippen molar-refractivity contribution >= 4 is 46.9 Å². The highest BCUT2D eigenvalue weighted by Gasteiger charge is 2.07. The van der Waals surface area contributed by atoms with E-state index in [-0.39, 0.29) is 10.8 Å². The Morgan fingerprint density at radius 2 is 1.85 bits per heavy atom. The van der Waals surface area contributed by atoms with Crippen LogP contribution in [0.5, 0.6) is 11.5 Å². The van der Waals surface area contributed by atoms with Crippen molar-refractivity contribution in [3.63, 3.8) is 0 Å². The van der Waals surface area contributed by atoms with Crippen molar-refractivity contribution < 1.29 is 14.6 Å². The van der Waals surface area contributed by atoms with E-state index in [0.717, 1.165) is 22.4 Å². The van der Waals surface area contributed by atoms with Crippen molar-refractivity contribution in [3.8, 4) is 11.5 Å². The number of carbonyl (C=O) groups excluding carboxylic acids is 1. The maximum atomic E-state index is 12.1. The summed E-state index contributed by atoms with van der Waals surface area (Å²) < 4.78 is 5.79. The number of aryl methyl sites for hydroxylation is 1. The molecule has 0 atom stereocenters. The fourth-order valence-corrected chi connectivity index (χ4v) is 3.38. The molecule has 0 aliphatic carbocycles. The Kier molecular flexibility index (Phi) is 8.97. The monoisotopic (exact) mass is 505 g/mol. The number of amides is 1. The molecular formula is C24H22Cl3N3O3. The molecule has 0 aromatic heterocycles. The number of hydrazone groups is 1. The lowest BCUT2D eigenvalue weighted by Crippen LogP contribution is -2.20. The predicted octanol–water partition coefficient (Wildman–Crippen LogP) is 5.59. The van der Waals surface area contributed by atoms with E-state index in [9.17, 15) is 9.90 Å². The summed E-state index contributed by atoms with van der Waals surface area (Å²) >= 11 is 17.8. The minimum atomic E-state index is -0.431. The highest BCUT2D eigenvalue weighted by Crippen LogP contribution is 2.24. The zero-order chi connectivity index (χ0) is 23.8. The van der Waals surface area contributed by atoms with Crippen LogP contribution in [0.1, 0.15) is 27.0 Å². The quantitative estimate of drug-likeness (QED) is 0.201. The van der Waals surface area contributed by atoms with E-state index < -0.39 is 5.91 Å². The van der Waals surface area contributed by atoms with Crippen molar-refractivity contribution in [3.05, 3.63) is 91.9 Å². The molecule has 0 unspecified atom stereocenters. The Balaban J connectivity index is 1.44. The lowest BCUT2D eigenvalue weighted by atomic mass is 10.1. The number of phenolic OH excluding ortho intramolecular Hbond substituents is 1. The number of rotatable bonds is 9. The van der Waals surface area contributed by atoms with E-state index in [0.29, 0.717) is 35.3 Å². The lowest BCUT2D eigenvalue weighted by Gasteiger charge is -2.10. The second-order valence-corrected chi connectivity index (χ2v) is 8.38. The van der Waals surface area contributed by atoms with Gasteiger partial charge in [0, 0.05) is 18.7 Å². The first-order valence-corrected chi connectivity index (χ1v) is 11.2. The summed E-state index contributed by atoms with van der Waals surface area (Å²) in [5.41, 5.74) is 5.56. The number of carbonyl (C=O) groups is 1. The summed E-state index contributed by atoms with van der Waals surface area (Å²) in [6.07, 6.45) is 1.55. The maximum absolute atomic E-state index is 12.1. The molecule has 0 aliphatic heterocycles. The van der Waals surface area contributed by atoms with Crippen LogP contribution in [0.15, 0.2) is 59.7 Å². The molecule has 6 nitrogen and oxygen atoms in total. The van der Waals surface area contributed by atoms with Crippen LogP contribution in [-0.2, 0) is 6.54 Å². The molecule has 0 heterocycles. The number of aromatic hydroxyl groups is 1. The van der Waals surface area contributed by atoms with Gasteiger partial charge in [0.1, 0.15) is 18.1 Å². The fourth-order valence-electron chi connectivity index (χ4n) is 2.88. The second-order valence-electron chi connectivity index (χ2n) is 7.16. The smallest absolute Gasteiger partial charge is 0.271 e. The van der Waals surface area contributed by atoms with E-state index in [1.165, 1.54) is 18.2 Å². The molecule has 0 fully saturated rings. The summed E-state index contributed by atoms with van der Waals surface area (Å²) in [5.74, 6) is 0.222. The first-order chi connectivity index (χ1) is 15.8. The van der Waals surface area contributed by atoms with Gasteiger partial charge in [0.25, 0.3) is 5.91 Å². The van der Waals surface area contributed by atoms with Crippen LogP contribution in [0.25, 0.3) is 0 Å². The van der Waals surface area contributed by atoms with Gasteiger partial charge in [-0.3, -0.25) is 4.79 Å². The number of halogens is 3. The highest BCUT2D eigenvalue weighted by molar-refractivity contribution is 6.42. The summed E-state index contributed by atoms with van der Waals surface area (Å²) in [6.45, 7) is 3.75. The van der Waals surface area contributed by atoms with Gasteiger partial charge in [0.15, 0.2) is 0 Å². The number of hydrogen-bond donors (Lipinski definition) is 3. The normalized spacial score (nSPS) is 11.0. The third-order valence-corrected chi connectivity index (χ3v) is 5.72. The molecule has 3 aromatic rings. The van der Waals surface area contributed by atoms with E-state index in [2.05, 4.69) is 15.8 Å². The molecule has 9 heteroatoms. The third kappa shape index (κ3) is 7.37. The molecular weight excluding hydrogens is 485 g/mol. The molecule has 0 aliphatic rings. The van der Waals surface area contributed by atoms with Gasteiger partial charge >= 0.3 is 0 Å². The van der Waals surface area contributed by atoms with Crippen LogP contribution in [0.4, 0.5) is 0 Å². The van der Waals surface area contributed by atoms with Crippen molar-refractivity contribution in [1.29, 1.82) is 0 Å². The van der Waals surface area contributed by atoms with Gasteiger partial charge in [0.05, 0.1) is 21.3 Å². The van der Waals surface area contributed by atoms with Gasteiger partial charge < -0.3 is 15.2 Å². The summed E-state index contributed by atoms with van der Waals surface area (Å²) in [7, 11) is 0. The van der Waals surface area contributed by atoms with Crippen LogP contribution >= 0.6 is 34.8 Å². The molecule has 1 amide bonds. The van der Waals surface area contributed by atoms with Crippen LogP contribution in [0.2, 0.25) is 15.1 Å². The zero-order valence-corrected chi connectivity index (χ0v) is 20.0. The number of hydrogen-bond acceptors (Lipinski definition) is 5. The average molecular weight is 507 g/mol. The molecule has 3 rings (SSSR count). The molecule has 33 heavy (non-hydrogen) atoms. The second kappa shape index (κ2) is 11.9. The topological polar surface area (TPSA) is 83.0 Å². The molecule has 0 spiro atoms. The van der Waals surface area contributed by atoms with Gasteiger partial charge in [-0.05, 0) is 72.1 Å². The molecule has 3 aromatic carbocycles. The minimum Gasteiger partial charge on any atom is -0.506 e. The molecule has 0 saturated heterocycles. The molecule has 172 valence electrons. The number of nitrogens with zero attached hydrogens (tertiary/aromatic N) is 1. The Morgan fingerprint density at radius 3 is 2.58 bits per heavy atom. The van der Waals surface area contributed by atoms with Gasteiger partial charge in [0.2, 0.25) is 0 Å². The first-order valence-electron chi connectivity index (χ1n) is 10.0. The Labute approximate surface area is 207 Å². The maximum Gasteiger partial charge on any atom is 0.271 e. The molecule has 0 radical (unpaired) electrons. The summed E-state index contributed by atoms with van der Waals surface area (Å²) in [6, 6.07) is 15.3. The lowest BCUT2D eigenvalue weighted by molar-refractivity contribution is 0.0955. The number of ether oxygens (including phenoxy) is 1. The van der Waals surface area contributed by atoms with Crippen molar-refractivity contribution in [2.75, 3.05) is 13.2 Å². The van der Waals surface area contributed by atoms with Gasteiger partial charge in [-0.2, -0.15) is 5.10 Å². The summed E-state index contributed by atoms with van der Waals surface area (Å²) in [5, 5.41) is 17.9. The zero-order valence-electron chi connectivity index (χ0n) is 17.7. The first kappa shape index (κ1) is 24.9. The van der Waals surface area contributed by atoms with Crippen LogP contribution in [0, 0.1) is 6.92 Å². The van der Waals surface area contributed by atoms with Crippen LogP contribution in [0.3, 0.4) is 0 Å². The van der Waals surface area contributed by atoms with E-state index in [4.69, 9.17) is 39.5 Å². The van der Waals surface area contributed by atoms with Crippen LogP contribution in [-0.4, -0.2) is 30.4 Å². The molecule has 0 saturated carbocycles. The largest absolute Gasteiger partial charge is 0.506 e. The average Bonchev–Trinajstić information content (AvgIpc) is 2.79. The van der Waals surface area contributed by atoms with Crippen molar-refractivity contribution in [2.45, 2.75) is 13.5 Å².